The third kappa shape index (κ3) is 2.95. The van der Waals surface area contributed by atoms with Crippen molar-refractivity contribution in [3.05, 3.63) is 70.1 Å². The molecule has 96 valence electrons. The normalized spacial score (nSPS) is 9.89. The Balaban J connectivity index is 2.30. The van der Waals surface area contributed by atoms with Crippen LogP contribution in [0.1, 0.15) is 21.5 Å². The molecule has 0 atom stereocenters. The Kier molecular flexibility index (Phi) is 3.87. The highest BCUT2D eigenvalue weighted by Gasteiger charge is 2.12. The van der Waals surface area contributed by atoms with Gasteiger partial charge in [-0.05, 0) is 23.6 Å². The third-order valence-corrected chi connectivity index (χ3v) is 2.83. The lowest BCUT2D eigenvalue weighted by atomic mass is 10.00. The minimum Gasteiger partial charge on any atom is -0.398 e. The minimum absolute atomic E-state index is 0.257. The summed E-state index contributed by atoms with van der Waals surface area (Å²) in [5.41, 5.74) is 10.4. The Morgan fingerprint density at radius 2 is 1.84 bits per heavy atom. The molecule has 0 radical (unpaired) electrons. The number of nitrogens with zero attached hydrogens (tertiary/aromatic N) is 1. The van der Waals surface area contributed by atoms with E-state index in [9.17, 15) is 9.70 Å². The zero-order chi connectivity index (χ0) is 13.7. The number of nitroso groups, excluding NO2 is 1. The fourth-order valence-corrected chi connectivity index (χ4v) is 1.88. The first-order valence-electron chi connectivity index (χ1n) is 5.76. The van der Waals surface area contributed by atoms with E-state index in [0.717, 1.165) is 11.1 Å². The lowest BCUT2D eigenvalue weighted by Gasteiger charge is -2.09. The van der Waals surface area contributed by atoms with Gasteiger partial charge < -0.3 is 5.73 Å². The summed E-state index contributed by atoms with van der Waals surface area (Å²) in [5, 5.41) is 2.36. The van der Waals surface area contributed by atoms with Crippen LogP contribution in [0.5, 0.6) is 0 Å². The van der Waals surface area contributed by atoms with E-state index < -0.39 is 5.91 Å². The van der Waals surface area contributed by atoms with Crippen molar-refractivity contribution in [2.24, 2.45) is 5.29 Å². The van der Waals surface area contributed by atoms with Crippen LogP contribution >= 0.6 is 0 Å². The average molecular weight is 255 g/mol. The molecule has 0 aliphatic rings. The number of rotatable bonds is 4. The minimum atomic E-state index is -0.595. The standard InChI is InChI=1S/C14H13N3O2/c15-13-11(9-10-5-2-1-3-6-10)7-4-8-12(13)14(18)16-17-19/h1-8H,9,15H2,(H,16,18,19). The molecule has 0 heterocycles. The van der Waals surface area contributed by atoms with E-state index in [-0.39, 0.29) is 5.56 Å². The summed E-state index contributed by atoms with van der Waals surface area (Å²) < 4.78 is 0. The quantitative estimate of drug-likeness (QED) is 0.499. The molecular weight excluding hydrogens is 242 g/mol. The molecular formula is C14H13N3O2. The predicted octanol–water partition coefficient (Wildman–Crippen LogP) is 2.27. The maximum absolute atomic E-state index is 11.6. The highest BCUT2D eigenvalue weighted by atomic mass is 16.3. The van der Waals surface area contributed by atoms with Gasteiger partial charge in [0, 0.05) is 5.69 Å². The van der Waals surface area contributed by atoms with Gasteiger partial charge in [0.1, 0.15) is 0 Å². The Hall–Kier alpha value is -2.69. The molecule has 5 heteroatoms. The maximum atomic E-state index is 11.6. The van der Waals surface area contributed by atoms with Gasteiger partial charge in [-0.2, -0.15) is 0 Å². The molecule has 0 fully saturated rings. The van der Waals surface area contributed by atoms with Crippen LogP contribution < -0.4 is 11.2 Å². The lowest BCUT2D eigenvalue weighted by Crippen LogP contribution is -2.18. The van der Waals surface area contributed by atoms with Gasteiger partial charge in [0.2, 0.25) is 0 Å². The van der Waals surface area contributed by atoms with Gasteiger partial charge in [0.25, 0.3) is 5.91 Å². The first kappa shape index (κ1) is 12.8. The van der Waals surface area contributed by atoms with E-state index in [1.807, 2.05) is 41.8 Å². The van der Waals surface area contributed by atoms with Gasteiger partial charge in [-0.1, -0.05) is 42.5 Å². The summed E-state index contributed by atoms with van der Waals surface area (Å²) in [7, 11) is 0. The van der Waals surface area contributed by atoms with E-state index >= 15 is 0 Å². The van der Waals surface area contributed by atoms with Crippen LogP contribution in [0.15, 0.2) is 53.8 Å². The first-order chi connectivity index (χ1) is 9.22. The Morgan fingerprint density at radius 3 is 2.53 bits per heavy atom. The number of carbonyl (C=O) groups excluding carboxylic acids is 1. The van der Waals surface area contributed by atoms with E-state index in [4.69, 9.17) is 5.73 Å². The molecule has 0 bridgehead atoms. The van der Waals surface area contributed by atoms with Crippen molar-refractivity contribution >= 4 is 11.6 Å². The zero-order valence-corrected chi connectivity index (χ0v) is 10.2. The van der Waals surface area contributed by atoms with Crippen LogP contribution in [0, 0.1) is 4.91 Å². The lowest BCUT2D eigenvalue weighted by molar-refractivity contribution is 0.0955. The van der Waals surface area contributed by atoms with Gasteiger partial charge >= 0.3 is 0 Å². The molecule has 2 rings (SSSR count). The Bertz CT molecular complexity index is 597. The summed E-state index contributed by atoms with van der Waals surface area (Å²) >= 11 is 0. The number of para-hydroxylation sites is 1. The smallest absolute Gasteiger partial charge is 0.276 e. The van der Waals surface area contributed by atoms with Crippen LogP contribution in [0.3, 0.4) is 0 Å². The second kappa shape index (κ2) is 5.77. The maximum Gasteiger partial charge on any atom is 0.276 e. The third-order valence-electron chi connectivity index (χ3n) is 2.83. The van der Waals surface area contributed by atoms with E-state index in [0.29, 0.717) is 12.1 Å². The molecule has 19 heavy (non-hydrogen) atoms. The van der Waals surface area contributed by atoms with Crippen LogP contribution in [-0.4, -0.2) is 5.91 Å². The molecule has 0 unspecified atom stereocenters. The largest absolute Gasteiger partial charge is 0.398 e. The predicted molar refractivity (Wildman–Crippen MR) is 73.4 cm³/mol. The van der Waals surface area contributed by atoms with Crippen LogP contribution in [0.25, 0.3) is 0 Å². The van der Waals surface area contributed by atoms with Crippen molar-refractivity contribution in [2.75, 3.05) is 5.73 Å². The zero-order valence-electron chi connectivity index (χ0n) is 10.2. The van der Waals surface area contributed by atoms with Crippen molar-refractivity contribution < 1.29 is 4.79 Å². The highest BCUT2D eigenvalue weighted by Crippen LogP contribution is 2.20. The van der Waals surface area contributed by atoms with Gasteiger partial charge in [-0.15, -0.1) is 4.91 Å². The summed E-state index contributed by atoms with van der Waals surface area (Å²) in [6.07, 6.45) is 0.627. The van der Waals surface area contributed by atoms with Crippen molar-refractivity contribution in [2.45, 2.75) is 6.42 Å². The summed E-state index contributed by atoms with van der Waals surface area (Å²) in [4.78, 5) is 21.6. The van der Waals surface area contributed by atoms with Crippen LogP contribution in [0.4, 0.5) is 5.69 Å². The topological polar surface area (TPSA) is 84.6 Å². The number of nitrogens with two attached hydrogens (primary N) is 1. The number of benzene rings is 2. The number of nitrogens with one attached hydrogen (secondary N) is 1. The van der Waals surface area contributed by atoms with Gasteiger partial charge in [-0.3, -0.25) is 4.79 Å². The molecule has 3 N–H and O–H groups in total. The van der Waals surface area contributed by atoms with Crippen molar-refractivity contribution in [3.8, 4) is 0 Å². The number of carbonyl (C=O) groups is 1. The summed E-state index contributed by atoms with van der Waals surface area (Å²) in [5.74, 6) is -0.595. The summed E-state index contributed by atoms with van der Waals surface area (Å²) in [6, 6.07) is 14.9. The number of hydrogen-bond donors (Lipinski definition) is 2. The molecule has 0 spiro atoms. The molecule has 0 aliphatic heterocycles. The van der Waals surface area contributed by atoms with Gasteiger partial charge in [0.05, 0.1) is 10.8 Å². The Labute approximate surface area is 110 Å². The van der Waals surface area contributed by atoms with Crippen molar-refractivity contribution in [3.63, 3.8) is 0 Å². The van der Waals surface area contributed by atoms with Crippen molar-refractivity contribution in [1.29, 1.82) is 0 Å². The average Bonchev–Trinajstić information content (AvgIpc) is 2.42. The van der Waals surface area contributed by atoms with E-state index in [1.165, 1.54) is 0 Å². The highest BCUT2D eigenvalue weighted by molar-refractivity contribution is 5.99. The molecule has 1 amide bonds. The molecule has 0 saturated carbocycles. The summed E-state index contributed by atoms with van der Waals surface area (Å²) in [6.45, 7) is 0. The van der Waals surface area contributed by atoms with E-state index in [2.05, 4.69) is 5.29 Å². The number of amides is 1. The SMILES string of the molecule is Nc1c(Cc2ccccc2)cccc1C(=O)NN=O. The number of hydrogen-bond acceptors (Lipinski definition) is 4. The van der Waals surface area contributed by atoms with Gasteiger partial charge in [-0.25, -0.2) is 5.43 Å². The van der Waals surface area contributed by atoms with Gasteiger partial charge in [0.15, 0.2) is 0 Å². The number of nitrogen functional groups attached to an aromatic ring is 1. The second-order valence-electron chi connectivity index (χ2n) is 4.07. The molecule has 2 aromatic rings. The van der Waals surface area contributed by atoms with Crippen LogP contribution in [-0.2, 0) is 6.42 Å². The van der Waals surface area contributed by atoms with Crippen molar-refractivity contribution in [1.82, 2.24) is 5.43 Å². The molecule has 0 saturated heterocycles. The molecule has 5 nitrogen and oxygen atoms in total. The fourth-order valence-electron chi connectivity index (χ4n) is 1.88. The second-order valence-corrected chi connectivity index (χ2v) is 4.07. The first-order valence-corrected chi connectivity index (χ1v) is 5.76. The molecule has 2 aromatic carbocycles. The van der Waals surface area contributed by atoms with Crippen LogP contribution in [0.2, 0.25) is 0 Å². The molecule has 0 aliphatic carbocycles. The Morgan fingerprint density at radius 1 is 1.11 bits per heavy atom. The number of anilines is 1. The molecule has 0 aromatic heterocycles. The fraction of sp³-hybridized carbons (Fsp3) is 0.0714. The van der Waals surface area contributed by atoms with E-state index in [1.54, 1.807) is 12.1 Å². The monoisotopic (exact) mass is 255 g/mol.